The summed E-state index contributed by atoms with van der Waals surface area (Å²) >= 11 is 9.44. The van der Waals surface area contributed by atoms with Crippen molar-refractivity contribution in [2.45, 2.75) is 26.7 Å². The number of hydrogen-bond acceptors (Lipinski definition) is 1. The fourth-order valence-corrected chi connectivity index (χ4v) is 2.82. The van der Waals surface area contributed by atoms with Crippen molar-refractivity contribution in [3.63, 3.8) is 0 Å². The molecule has 0 amide bonds. The zero-order valence-corrected chi connectivity index (χ0v) is 12.0. The Hall–Kier alpha value is -0.670. The van der Waals surface area contributed by atoms with Gasteiger partial charge in [0.15, 0.2) is 0 Å². The highest BCUT2D eigenvalue weighted by Crippen LogP contribution is 2.34. The number of halogens is 3. The summed E-state index contributed by atoms with van der Waals surface area (Å²) in [7, 11) is 0. The molecule has 2 aromatic rings. The van der Waals surface area contributed by atoms with Gasteiger partial charge in [0, 0.05) is 11.1 Å². The van der Waals surface area contributed by atoms with Crippen molar-refractivity contribution in [3.05, 3.63) is 38.7 Å². The van der Waals surface area contributed by atoms with Crippen LogP contribution in [-0.2, 0) is 6.42 Å². The first kappa shape index (κ1) is 12.8. The van der Waals surface area contributed by atoms with Crippen LogP contribution in [0.4, 0.5) is 4.39 Å². The maximum absolute atomic E-state index is 13.6. The zero-order valence-electron chi connectivity index (χ0n) is 9.65. The largest absolute Gasteiger partial charge is 0.252 e. The lowest BCUT2D eigenvalue weighted by molar-refractivity contribution is 0.622. The lowest BCUT2D eigenvalue weighted by atomic mass is 10.1. The van der Waals surface area contributed by atoms with E-state index in [4.69, 9.17) is 11.6 Å². The molecule has 0 unspecified atom stereocenters. The lowest BCUT2D eigenvalue weighted by Gasteiger charge is -2.09. The molecule has 1 aromatic heterocycles. The van der Waals surface area contributed by atoms with E-state index in [2.05, 4.69) is 27.8 Å². The lowest BCUT2D eigenvalue weighted by Crippen LogP contribution is -1.95. The summed E-state index contributed by atoms with van der Waals surface area (Å²) in [6.45, 7) is 3.93. The van der Waals surface area contributed by atoms with Gasteiger partial charge < -0.3 is 0 Å². The van der Waals surface area contributed by atoms with Crippen molar-refractivity contribution in [2.75, 3.05) is 0 Å². The maximum Gasteiger partial charge on any atom is 0.138 e. The molecule has 0 saturated heterocycles. The molecule has 0 N–H and O–H groups in total. The minimum Gasteiger partial charge on any atom is -0.252 e. The van der Waals surface area contributed by atoms with Gasteiger partial charge in [-0.05, 0) is 47.0 Å². The molecule has 0 fully saturated rings. The van der Waals surface area contributed by atoms with Crippen LogP contribution < -0.4 is 0 Å². The van der Waals surface area contributed by atoms with Crippen molar-refractivity contribution in [3.8, 4) is 0 Å². The van der Waals surface area contributed by atoms with Gasteiger partial charge in [-0.3, -0.25) is 4.98 Å². The Balaban J connectivity index is 2.81. The molecule has 0 bridgehead atoms. The quantitative estimate of drug-likeness (QED) is 0.755. The first-order valence-electron chi connectivity index (χ1n) is 5.48. The van der Waals surface area contributed by atoms with Gasteiger partial charge >= 0.3 is 0 Å². The molecule has 0 saturated carbocycles. The summed E-state index contributed by atoms with van der Waals surface area (Å²) in [5.41, 5.74) is 2.53. The van der Waals surface area contributed by atoms with Gasteiger partial charge in [0.25, 0.3) is 0 Å². The molecule has 0 spiro atoms. The number of pyridine rings is 1. The van der Waals surface area contributed by atoms with Crippen molar-refractivity contribution in [2.24, 2.45) is 0 Å². The molecular formula is C13H12BrClFN. The predicted octanol–water partition coefficient (Wildman–Crippen LogP) is 5.05. The van der Waals surface area contributed by atoms with Crippen molar-refractivity contribution >= 4 is 38.4 Å². The first-order chi connectivity index (χ1) is 8.04. The molecule has 0 aliphatic heterocycles. The smallest absolute Gasteiger partial charge is 0.138 e. The second kappa shape index (κ2) is 4.91. The fourth-order valence-electron chi connectivity index (χ4n) is 1.88. The summed E-state index contributed by atoms with van der Waals surface area (Å²) in [5, 5.41) is 1.21. The average Bonchev–Trinajstić information content (AvgIpc) is 2.26. The summed E-state index contributed by atoms with van der Waals surface area (Å²) in [6.07, 6.45) is 1.89. The maximum atomic E-state index is 13.6. The van der Waals surface area contributed by atoms with Gasteiger partial charge in [0.1, 0.15) is 5.82 Å². The molecule has 17 heavy (non-hydrogen) atoms. The Kier molecular flexibility index (Phi) is 3.69. The van der Waals surface area contributed by atoms with Crippen molar-refractivity contribution in [1.29, 1.82) is 0 Å². The molecule has 4 heteroatoms. The van der Waals surface area contributed by atoms with Crippen LogP contribution in [-0.4, -0.2) is 4.98 Å². The van der Waals surface area contributed by atoms with Crippen LogP contribution in [0.3, 0.4) is 0 Å². The number of fused-ring (bicyclic) bond motifs is 1. The molecule has 1 heterocycles. The molecule has 0 aliphatic carbocycles. The Morgan fingerprint density at radius 1 is 1.41 bits per heavy atom. The molecule has 0 aliphatic rings. The van der Waals surface area contributed by atoms with Crippen LogP contribution in [0.15, 0.2) is 16.6 Å². The highest BCUT2D eigenvalue weighted by Gasteiger charge is 2.13. The number of rotatable bonds is 2. The number of aryl methyl sites for hydroxylation is 2. The van der Waals surface area contributed by atoms with Crippen molar-refractivity contribution in [1.82, 2.24) is 4.98 Å². The summed E-state index contributed by atoms with van der Waals surface area (Å²) in [4.78, 5) is 4.55. The van der Waals surface area contributed by atoms with Crippen LogP contribution in [0.25, 0.3) is 10.9 Å². The van der Waals surface area contributed by atoms with Crippen LogP contribution in [0.2, 0.25) is 5.02 Å². The molecule has 2 rings (SSSR count). The number of benzene rings is 1. The van der Waals surface area contributed by atoms with Gasteiger partial charge in [-0.25, -0.2) is 4.39 Å². The molecular weight excluding hydrogens is 305 g/mol. The summed E-state index contributed by atoms with van der Waals surface area (Å²) < 4.78 is 14.0. The SMILES string of the molecule is CCCc1cc(Cl)c2c(Br)c(F)cc(C)c2n1. The second-order valence-corrected chi connectivity index (χ2v) is 5.26. The topological polar surface area (TPSA) is 12.9 Å². The third-order valence-electron chi connectivity index (χ3n) is 2.68. The van der Waals surface area contributed by atoms with E-state index < -0.39 is 0 Å². The first-order valence-corrected chi connectivity index (χ1v) is 6.65. The van der Waals surface area contributed by atoms with Crippen LogP contribution in [0.5, 0.6) is 0 Å². The molecule has 0 radical (unpaired) electrons. The van der Waals surface area contributed by atoms with E-state index in [-0.39, 0.29) is 5.82 Å². The van der Waals surface area contributed by atoms with E-state index >= 15 is 0 Å². The van der Waals surface area contributed by atoms with Gasteiger partial charge in [-0.1, -0.05) is 24.9 Å². The number of hydrogen-bond donors (Lipinski definition) is 0. The Morgan fingerprint density at radius 3 is 2.76 bits per heavy atom. The van der Waals surface area contributed by atoms with Crippen LogP contribution in [0, 0.1) is 12.7 Å². The zero-order chi connectivity index (χ0) is 12.6. The predicted molar refractivity (Wildman–Crippen MR) is 73.1 cm³/mol. The van der Waals surface area contributed by atoms with E-state index in [9.17, 15) is 4.39 Å². The van der Waals surface area contributed by atoms with Crippen LogP contribution >= 0.6 is 27.5 Å². The van der Waals surface area contributed by atoms with E-state index in [1.165, 1.54) is 6.07 Å². The third kappa shape index (κ3) is 2.31. The molecule has 1 nitrogen and oxygen atoms in total. The highest BCUT2D eigenvalue weighted by molar-refractivity contribution is 9.10. The fraction of sp³-hybridized carbons (Fsp3) is 0.308. The van der Waals surface area contributed by atoms with Gasteiger partial charge in [-0.2, -0.15) is 0 Å². The normalized spacial score (nSPS) is 11.1. The minimum absolute atomic E-state index is 0.304. The Morgan fingerprint density at radius 2 is 2.12 bits per heavy atom. The van der Waals surface area contributed by atoms with Gasteiger partial charge in [-0.15, -0.1) is 0 Å². The number of aromatic nitrogens is 1. The van der Waals surface area contributed by atoms with E-state index in [0.29, 0.717) is 14.9 Å². The standard InChI is InChI=1S/C13H12BrClFN/c1-3-4-8-6-9(15)11-12(14)10(16)5-7(2)13(11)17-8/h5-6H,3-4H2,1-2H3. The van der Waals surface area contributed by atoms with Crippen molar-refractivity contribution < 1.29 is 4.39 Å². The van der Waals surface area contributed by atoms with Crippen LogP contribution in [0.1, 0.15) is 24.6 Å². The van der Waals surface area contributed by atoms with E-state index in [0.717, 1.165) is 29.6 Å². The van der Waals surface area contributed by atoms with Gasteiger partial charge in [0.2, 0.25) is 0 Å². The number of nitrogens with zero attached hydrogens (tertiary/aromatic N) is 1. The molecule has 1 aromatic carbocycles. The molecule has 0 atom stereocenters. The monoisotopic (exact) mass is 315 g/mol. The average molecular weight is 317 g/mol. The summed E-state index contributed by atoms with van der Waals surface area (Å²) in [5.74, 6) is -0.304. The van der Waals surface area contributed by atoms with E-state index in [1.807, 2.05) is 13.0 Å². The minimum atomic E-state index is -0.304. The second-order valence-electron chi connectivity index (χ2n) is 4.06. The Labute approximate surface area is 113 Å². The summed E-state index contributed by atoms with van der Waals surface area (Å²) in [6, 6.07) is 3.29. The molecule has 90 valence electrons. The Bertz CT molecular complexity index is 583. The van der Waals surface area contributed by atoms with Gasteiger partial charge in [0.05, 0.1) is 15.0 Å². The third-order valence-corrected chi connectivity index (χ3v) is 3.75. The highest BCUT2D eigenvalue weighted by atomic mass is 79.9. The van der Waals surface area contributed by atoms with E-state index in [1.54, 1.807) is 0 Å².